The van der Waals surface area contributed by atoms with Gasteiger partial charge in [-0.3, -0.25) is 0 Å². The highest BCUT2D eigenvalue weighted by atomic mass is 35.5. The molecule has 0 bridgehead atoms. The van der Waals surface area contributed by atoms with E-state index >= 15 is 0 Å². The molecule has 1 atom stereocenters. The van der Waals surface area contributed by atoms with E-state index in [1.54, 1.807) is 6.07 Å². The summed E-state index contributed by atoms with van der Waals surface area (Å²) in [4.78, 5) is 2.46. The molecule has 0 aromatic heterocycles. The van der Waals surface area contributed by atoms with Gasteiger partial charge in [0.05, 0.1) is 0 Å². The maximum Gasteiger partial charge on any atom is 0.0468 e. The fourth-order valence-corrected chi connectivity index (χ4v) is 2.83. The standard InChI is InChI=1S/C13H18Cl2N2/c14-10-3-4-11(12(15)9-10)13(16)5-8-17-6-1-2-7-17/h3-4,9,13H,1-2,5-8,16H2. The molecule has 4 heteroatoms. The van der Waals surface area contributed by atoms with Gasteiger partial charge < -0.3 is 10.6 Å². The van der Waals surface area contributed by atoms with Crippen molar-refractivity contribution in [3.05, 3.63) is 33.8 Å². The summed E-state index contributed by atoms with van der Waals surface area (Å²) in [7, 11) is 0. The molecule has 1 fully saturated rings. The predicted octanol–water partition coefficient (Wildman–Crippen LogP) is 3.48. The van der Waals surface area contributed by atoms with Crippen LogP contribution in [0.25, 0.3) is 0 Å². The van der Waals surface area contributed by atoms with Crippen molar-refractivity contribution in [2.24, 2.45) is 5.73 Å². The molecule has 1 aromatic rings. The zero-order valence-electron chi connectivity index (χ0n) is 9.83. The molecular formula is C13H18Cl2N2. The Labute approximate surface area is 113 Å². The van der Waals surface area contributed by atoms with E-state index in [-0.39, 0.29) is 6.04 Å². The highest BCUT2D eigenvalue weighted by Crippen LogP contribution is 2.27. The molecule has 0 amide bonds. The van der Waals surface area contributed by atoms with Crippen molar-refractivity contribution in [2.45, 2.75) is 25.3 Å². The van der Waals surface area contributed by atoms with Crippen LogP contribution in [-0.2, 0) is 0 Å². The highest BCUT2D eigenvalue weighted by molar-refractivity contribution is 6.35. The largest absolute Gasteiger partial charge is 0.324 e. The van der Waals surface area contributed by atoms with Crippen LogP contribution in [-0.4, -0.2) is 24.5 Å². The lowest BCUT2D eigenvalue weighted by molar-refractivity contribution is 0.322. The van der Waals surface area contributed by atoms with E-state index in [9.17, 15) is 0 Å². The Morgan fingerprint density at radius 3 is 2.59 bits per heavy atom. The van der Waals surface area contributed by atoms with Gasteiger partial charge in [-0.2, -0.15) is 0 Å². The number of halogens is 2. The van der Waals surface area contributed by atoms with E-state index in [4.69, 9.17) is 28.9 Å². The third kappa shape index (κ3) is 3.59. The molecule has 1 unspecified atom stereocenters. The molecule has 0 radical (unpaired) electrons. The molecule has 17 heavy (non-hydrogen) atoms. The number of hydrogen-bond donors (Lipinski definition) is 1. The summed E-state index contributed by atoms with van der Waals surface area (Å²) >= 11 is 12.0. The second kappa shape index (κ2) is 6.05. The molecular weight excluding hydrogens is 255 g/mol. The van der Waals surface area contributed by atoms with Crippen LogP contribution in [0.3, 0.4) is 0 Å². The van der Waals surface area contributed by atoms with E-state index in [0.717, 1.165) is 18.5 Å². The number of likely N-dealkylation sites (tertiary alicyclic amines) is 1. The Morgan fingerprint density at radius 2 is 1.94 bits per heavy atom. The molecule has 0 aliphatic carbocycles. The molecule has 1 aliphatic rings. The molecule has 1 heterocycles. The molecule has 94 valence electrons. The van der Waals surface area contributed by atoms with Crippen molar-refractivity contribution in [2.75, 3.05) is 19.6 Å². The molecule has 0 spiro atoms. The first-order valence-corrected chi connectivity index (χ1v) is 6.85. The third-order valence-electron chi connectivity index (χ3n) is 3.32. The van der Waals surface area contributed by atoms with E-state index in [2.05, 4.69) is 4.90 Å². The first-order chi connectivity index (χ1) is 8.16. The summed E-state index contributed by atoms with van der Waals surface area (Å²) in [6, 6.07) is 5.53. The first kappa shape index (κ1) is 13.2. The summed E-state index contributed by atoms with van der Waals surface area (Å²) in [5.74, 6) is 0. The monoisotopic (exact) mass is 272 g/mol. The van der Waals surface area contributed by atoms with Crippen molar-refractivity contribution in [1.29, 1.82) is 0 Å². The van der Waals surface area contributed by atoms with Gasteiger partial charge in [0, 0.05) is 16.1 Å². The summed E-state index contributed by atoms with van der Waals surface area (Å²) in [5.41, 5.74) is 7.17. The van der Waals surface area contributed by atoms with Crippen molar-refractivity contribution < 1.29 is 0 Å². The summed E-state index contributed by atoms with van der Waals surface area (Å²) in [6.45, 7) is 3.47. The molecule has 1 aromatic carbocycles. The quantitative estimate of drug-likeness (QED) is 0.910. The minimum Gasteiger partial charge on any atom is -0.324 e. The van der Waals surface area contributed by atoms with E-state index in [0.29, 0.717) is 10.0 Å². The molecule has 1 aliphatic heterocycles. The van der Waals surface area contributed by atoms with Gasteiger partial charge in [0.15, 0.2) is 0 Å². The van der Waals surface area contributed by atoms with Crippen molar-refractivity contribution in [3.8, 4) is 0 Å². The zero-order chi connectivity index (χ0) is 12.3. The van der Waals surface area contributed by atoms with Crippen LogP contribution >= 0.6 is 23.2 Å². The normalized spacial score (nSPS) is 18.5. The minimum absolute atomic E-state index is 0.000340. The second-order valence-corrected chi connectivity index (χ2v) is 5.45. The number of nitrogens with two attached hydrogens (primary N) is 1. The average Bonchev–Trinajstić information content (AvgIpc) is 2.78. The smallest absolute Gasteiger partial charge is 0.0468 e. The number of benzene rings is 1. The first-order valence-electron chi connectivity index (χ1n) is 6.09. The van der Waals surface area contributed by atoms with Crippen LogP contribution in [0.5, 0.6) is 0 Å². The summed E-state index contributed by atoms with van der Waals surface area (Å²) < 4.78 is 0. The lowest BCUT2D eigenvalue weighted by Crippen LogP contribution is -2.24. The maximum absolute atomic E-state index is 6.17. The molecule has 2 rings (SSSR count). The van der Waals surface area contributed by atoms with Crippen LogP contribution in [0, 0.1) is 0 Å². The topological polar surface area (TPSA) is 29.3 Å². The van der Waals surface area contributed by atoms with Gasteiger partial charge in [0.2, 0.25) is 0 Å². The van der Waals surface area contributed by atoms with Gasteiger partial charge in [0.1, 0.15) is 0 Å². The zero-order valence-corrected chi connectivity index (χ0v) is 11.3. The number of hydrogen-bond acceptors (Lipinski definition) is 2. The Morgan fingerprint density at radius 1 is 1.24 bits per heavy atom. The lowest BCUT2D eigenvalue weighted by atomic mass is 10.0. The fraction of sp³-hybridized carbons (Fsp3) is 0.538. The van der Waals surface area contributed by atoms with Crippen LogP contribution in [0.1, 0.15) is 30.9 Å². The third-order valence-corrected chi connectivity index (χ3v) is 3.88. The van der Waals surface area contributed by atoms with Gasteiger partial charge >= 0.3 is 0 Å². The van der Waals surface area contributed by atoms with Crippen LogP contribution in [0.2, 0.25) is 10.0 Å². The van der Waals surface area contributed by atoms with Gasteiger partial charge in [-0.1, -0.05) is 29.3 Å². The van der Waals surface area contributed by atoms with Gasteiger partial charge in [-0.05, 0) is 56.6 Å². The summed E-state index contributed by atoms with van der Waals surface area (Å²) in [6.07, 6.45) is 3.58. The van der Waals surface area contributed by atoms with Gasteiger partial charge in [-0.15, -0.1) is 0 Å². The Balaban J connectivity index is 1.91. The molecule has 2 nitrogen and oxygen atoms in total. The van der Waals surface area contributed by atoms with Crippen LogP contribution in [0.15, 0.2) is 18.2 Å². The van der Waals surface area contributed by atoms with Gasteiger partial charge in [-0.25, -0.2) is 0 Å². The fourth-order valence-electron chi connectivity index (χ4n) is 2.29. The number of rotatable bonds is 4. The van der Waals surface area contributed by atoms with Crippen LogP contribution < -0.4 is 5.73 Å². The predicted molar refractivity (Wildman–Crippen MR) is 73.7 cm³/mol. The molecule has 2 N–H and O–H groups in total. The molecule has 1 saturated heterocycles. The minimum atomic E-state index is 0.000340. The Hall–Kier alpha value is -0.280. The highest BCUT2D eigenvalue weighted by Gasteiger charge is 2.15. The van der Waals surface area contributed by atoms with Crippen molar-refractivity contribution >= 4 is 23.2 Å². The Bertz CT molecular complexity index is 376. The number of nitrogens with zero attached hydrogens (tertiary/aromatic N) is 1. The molecule has 0 saturated carbocycles. The Kier molecular flexibility index (Phi) is 4.69. The van der Waals surface area contributed by atoms with Gasteiger partial charge in [0.25, 0.3) is 0 Å². The van der Waals surface area contributed by atoms with Crippen LogP contribution in [0.4, 0.5) is 0 Å². The van der Waals surface area contributed by atoms with Crippen molar-refractivity contribution in [3.63, 3.8) is 0 Å². The van der Waals surface area contributed by atoms with E-state index < -0.39 is 0 Å². The van der Waals surface area contributed by atoms with E-state index in [1.165, 1.54) is 25.9 Å². The van der Waals surface area contributed by atoms with E-state index in [1.807, 2.05) is 12.1 Å². The average molecular weight is 273 g/mol. The second-order valence-electron chi connectivity index (χ2n) is 4.61. The maximum atomic E-state index is 6.17. The lowest BCUT2D eigenvalue weighted by Gasteiger charge is -2.19. The summed E-state index contributed by atoms with van der Waals surface area (Å²) in [5, 5.41) is 1.33. The SMILES string of the molecule is NC(CCN1CCCC1)c1ccc(Cl)cc1Cl. The van der Waals surface area contributed by atoms with Crippen molar-refractivity contribution in [1.82, 2.24) is 4.90 Å².